The van der Waals surface area contributed by atoms with Gasteiger partial charge in [-0.15, -0.1) is 0 Å². The number of carbonyl (C=O) groups is 2. The van der Waals surface area contributed by atoms with Crippen molar-refractivity contribution in [2.45, 2.75) is 19.5 Å². The number of rotatable bonds is 2. The van der Waals surface area contributed by atoms with Crippen LogP contribution in [0.15, 0.2) is 24.3 Å². The van der Waals surface area contributed by atoms with E-state index >= 15 is 0 Å². The van der Waals surface area contributed by atoms with Gasteiger partial charge in [-0.25, -0.2) is 4.79 Å². The van der Waals surface area contributed by atoms with Crippen LogP contribution in [-0.2, 0) is 16.1 Å². The van der Waals surface area contributed by atoms with Crippen molar-refractivity contribution in [1.29, 1.82) is 0 Å². The number of carbonyl (C=O) groups excluding carboxylic acids is 2. The topological polar surface area (TPSA) is 46.6 Å². The van der Waals surface area contributed by atoms with E-state index in [2.05, 4.69) is 0 Å². The van der Waals surface area contributed by atoms with E-state index in [0.29, 0.717) is 12.1 Å². The summed E-state index contributed by atoms with van der Waals surface area (Å²) in [6.45, 7) is 2.61. The van der Waals surface area contributed by atoms with E-state index in [1.165, 1.54) is 0 Å². The largest absolute Gasteiger partial charge is 0.464 e. The Morgan fingerprint density at radius 1 is 1.47 bits per heavy atom. The molecule has 1 aromatic carbocycles. The molecule has 1 atom stereocenters. The van der Waals surface area contributed by atoms with Gasteiger partial charge in [0.25, 0.3) is 0 Å². The van der Waals surface area contributed by atoms with Crippen molar-refractivity contribution < 1.29 is 14.3 Å². The first-order valence-corrected chi connectivity index (χ1v) is 5.64. The van der Waals surface area contributed by atoms with Gasteiger partial charge in [-0.3, -0.25) is 9.69 Å². The fourth-order valence-corrected chi connectivity index (χ4v) is 2.11. The van der Waals surface area contributed by atoms with Crippen LogP contribution in [0.2, 0.25) is 0 Å². The minimum absolute atomic E-state index is 0.173. The summed E-state index contributed by atoms with van der Waals surface area (Å²) in [5.41, 5.74) is 1.59. The van der Waals surface area contributed by atoms with E-state index in [4.69, 9.17) is 4.74 Å². The highest BCUT2D eigenvalue weighted by Gasteiger charge is 2.37. The Labute approximate surface area is 100 Å². The van der Waals surface area contributed by atoms with Crippen LogP contribution in [0.1, 0.15) is 22.8 Å². The molecule has 1 aliphatic rings. The maximum Gasteiger partial charge on any atom is 0.331 e. The summed E-state index contributed by atoms with van der Waals surface area (Å²) >= 11 is 0. The summed E-state index contributed by atoms with van der Waals surface area (Å²) in [4.78, 5) is 25.7. The number of likely N-dealkylation sites (N-methyl/N-ethyl adjacent to an activating group) is 1. The molecule has 0 fully saturated rings. The third kappa shape index (κ3) is 2.08. The summed E-state index contributed by atoms with van der Waals surface area (Å²) in [5.74, 6) is -0.637. The number of Topliss-reactive ketones (excluding diaryl/α,β-unsaturated/α-hetero) is 1. The summed E-state index contributed by atoms with van der Waals surface area (Å²) < 4.78 is 4.94. The van der Waals surface area contributed by atoms with Crippen molar-refractivity contribution in [3.05, 3.63) is 35.4 Å². The molecule has 0 saturated heterocycles. The second-order valence-corrected chi connectivity index (χ2v) is 4.09. The number of hydrogen-bond donors (Lipinski definition) is 0. The van der Waals surface area contributed by atoms with Crippen molar-refractivity contribution in [3.63, 3.8) is 0 Å². The lowest BCUT2D eigenvalue weighted by Gasteiger charge is -2.30. The zero-order valence-electron chi connectivity index (χ0n) is 9.97. The van der Waals surface area contributed by atoms with Gasteiger partial charge < -0.3 is 4.74 Å². The predicted molar refractivity (Wildman–Crippen MR) is 62.7 cm³/mol. The molecule has 1 aliphatic heterocycles. The van der Waals surface area contributed by atoms with Crippen molar-refractivity contribution >= 4 is 11.8 Å². The van der Waals surface area contributed by atoms with E-state index in [-0.39, 0.29) is 12.4 Å². The van der Waals surface area contributed by atoms with Gasteiger partial charge in [0, 0.05) is 12.1 Å². The summed E-state index contributed by atoms with van der Waals surface area (Å²) in [6.07, 6.45) is 0. The highest BCUT2D eigenvalue weighted by atomic mass is 16.5. The average molecular weight is 233 g/mol. The monoisotopic (exact) mass is 233 g/mol. The van der Waals surface area contributed by atoms with Gasteiger partial charge in [0.2, 0.25) is 0 Å². The third-order valence-electron chi connectivity index (χ3n) is 2.90. The summed E-state index contributed by atoms with van der Waals surface area (Å²) in [5, 5.41) is 0. The molecular weight excluding hydrogens is 218 g/mol. The highest BCUT2D eigenvalue weighted by molar-refractivity contribution is 6.13. The van der Waals surface area contributed by atoms with Gasteiger partial charge in [0.05, 0.1) is 6.61 Å². The molecule has 0 aliphatic carbocycles. The molecule has 0 aromatic heterocycles. The van der Waals surface area contributed by atoms with E-state index < -0.39 is 12.0 Å². The quantitative estimate of drug-likeness (QED) is 0.569. The first-order chi connectivity index (χ1) is 8.15. The van der Waals surface area contributed by atoms with Crippen LogP contribution in [0.25, 0.3) is 0 Å². The van der Waals surface area contributed by atoms with Crippen molar-refractivity contribution in [3.8, 4) is 0 Å². The van der Waals surface area contributed by atoms with Crippen LogP contribution in [0.3, 0.4) is 0 Å². The minimum Gasteiger partial charge on any atom is -0.464 e. The molecule has 0 radical (unpaired) electrons. The molecule has 1 aromatic rings. The maximum atomic E-state index is 12.2. The number of benzene rings is 1. The molecule has 4 heteroatoms. The second kappa shape index (κ2) is 4.67. The van der Waals surface area contributed by atoms with Crippen LogP contribution >= 0.6 is 0 Å². The molecule has 90 valence electrons. The Balaban J connectivity index is 2.33. The lowest BCUT2D eigenvalue weighted by Crippen LogP contribution is -2.48. The highest BCUT2D eigenvalue weighted by Crippen LogP contribution is 2.22. The van der Waals surface area contributed by atoms with Gasteiger partial charge in [-0.2, -0.15) is 0 Å². The zero-order chi connectivity index (χ0) is 12.4. The van der Waals surface area contributed by atoms with E-state index in [1.54, 1.807) is 24.9 Å². The van der Waals surface area contributed by atoms with Crippen LogP contribution in [-0.4, -0.2) is 36.3 Å². The molecule has 4 nitrogen and oxygen atoms in total. The number of hydrogen-bond acceptors (Lipinski definition) is 4. The average Bonchev–Trinajstić information content (AvgIpc) is 2.29. The first kappa shape index (κ1) is 11.8. The van der Waals surface area contributed by atoms with Gasteiger partial charge in [-0.05, 0) is 19.5 Å². The van der Waals surface area contributed by atoms with E-state index in [0.717, 1.165) is 5.56 Å². The number of ketones is 1. The Hall–Kier alpha value is -1.68. The molecule has 17 heavy (non-hydrogen) atoms. The lowest BCUT2D eigenvalue weighted by molar-refractivity contribution is -0.147. The Bertz CT molecular complexity index is 456. The second-order valence-electron chi connectivity index (χ2n) is 4.09. The maximum absolute atomic E-state index is 12.2. The van der Waals surface area contributed by atoms with Gasteiger partial charge in [0.15, 0.2) is 11.8 Å². The van der Waals surface area contributed by atoms with E-state index in [9.17, 15) is 9.59 Å². The molecule has 0 amide bonds. The summed E-state index contributed by atoms with van der Waals surface area (Å²) in [7, 11) is 1.76. The molecule has 0 bridgehead atoms. The number of nitrogens with zero attached hydrogens (tertiary/aromatic N) is 1. The number of ether oxygens (including phenoxy) is 1. The fourth-order valence-electron chi connectivity index (χ4n) is 2.11. The minimum atomic E-state index is -0.801. The smallest absolute Gasteiger partial charge is 0.331 e. The van der Waals surface area contributed by atoms with Crippen molar-refractivity contribution in [2.75, 3.05) is 13.7 Å². The molecule has 0 saturated carbocycles. The zero-order valence-corrected chi connectivity index (χ0v) is 9.97. The Morgan fingerprint density at radius 2 is 2.18 bits per heavy atom. The van der Waals surface area contributed by atoms with E-state index in [1.807, 2.05) is 18.2 Å². The van der Waals surface area contributed by atoms with Crippen LogP contribution in [0, 0.1) is 0 Å². The summed E-state index contributed by atoms with van der Waals surface area (Å²) in [6, 6.07) is 6.57. The molecule has 1 heterocycles. The van der Waals surface area contributed by atoms with Crippen LogP contribution in [0.5, 0.6) is 0 Å². The van der Waals surface area contributed by atoms with Crippen molar-refractivity contribution in [1.82, 2.24) is 4.90 Å². The SMILES string of the molecule is CCOC(=O)C1C(=O)c2ccccc2CN1C. The molecular formula is C13H15NO3. The van der Waals surface area contributed by atoms with Crippen LogP contribution in [0.4, 0.5) is 0 Å². The van der Waals surface area contributed by atoms with Crippen molar-refractivity contribution in [2.24, 2.45) is 0 Å². The number of fused-ring (bicyclic) bond motifs is 1. The predicted octanol–water partition coefficient (Wildman–Crippen LogP) is 1.25. The molecule has 2 rings (SSSR count). The fraction of sp³-hybridized carbons (Fsp3) is 0.385. The normalized spacial score (nSPS) is 19.9. The van der Waals surface area contributed by atoms with Gasteiger partial charge >= 0.3 is 5.97 Å². The molecule has 0 N–H and O–H groups in total. The third-order valence-corrected chi connectivity index (χ3v) is 2.90. The van der Waals surface area contributed by atoms with Gasteiger partial charge in [-0.1, -0.05) is 24.3 Å². The first-order valence-electron chi connectivity index (χ1n) is 5.64. The lowest BCUT2D eigenvalue weighted by atomic mass is 9.93. The Morgan fingerprint density at radius 3 is 2.88 bits per heavy atom. The number of esters is 1. The molecule has 1 unspecified atom stereocenters. The van der Waals surface area contributed by atoms with Gasteiger partial charge in [0.1, 0.15) is 0 Å². The molecule has 0 spiro atoms. The Kier molecular flexibility index (Phi) is 3.24. The standard InChI is InChI=1S/C13H15NO3/c1-3-17-13(16)11-12(15)10-7-5-4-6-9(10)8-14(11)2/h4-7,11H,3,8H2,1-2H3. The van der Waals surface area contributed by atoms with Crippen LogP contribution < -0.4 is 0 Å².